The molecule has 1 amide bonds. The molecule has 0 spiro atoms. The summed E-state index contributed by atoms with van der Waals surface area (Å²) in [5, 5.41) is 12.6. The Morgan fingerprint density at radius 1 is 1.10 bits per heavy atom. The molecule has 2 fully saturated rings. The van der Waals surface area contributed by atoms with Crippen LogP contribution in [0.5, 0.6) is 11.8 Å². The summed E-state index contributed by atoms with van der Waals surface area (Å²) < 4.78 is 6.29. The van der Waals surface area contributed by atoms with Crippen molar-refractivity contribution in [2.24, 2.45) is 5.92 Å². The molecule has 3 aliphatic heterocycles. The molecule has 210 valence electrons. The van der Waals surface area contributed by atoms with Gasteiger partial charge in [0.1, 0.15) is 11.6 Å². The van der Waals surface area contributed by atoms with Crippen LogP contribution >= 0.6 is 0 Å². The third-order valence-corrected chi connectivity index (χ3v) is 8.42. The van der Waals surface area contributed by atoms with Crippen molar-refractivity contribution < 1.29 is 14.6 Å². The minimum absolute atomic E-state index is 0.0279. The van der Waals surface area contributed by atoms with Crippen LogP contribution in [0.4, 0.5) is 11.5 Å². The number of amides is 1. The van der Waals surface area contributed by atoms with Crippen LogP contribution in [0.2, 0.25) is 0 Å². The monoisotopic (exact) mass is 542 g/mol. The van der Waals surface area contributed by atoms with Crippen LogP contribution in [0, 0.1) is 5.92 Å². The number of aromatic nitrogens is 2. The molecule has 0 saturated carbocycles. The molecule has 9 nitrogen and oxygen atoms in total. The molecule has 0 bridgehead atoms. The van der Waals surface area contributed by atoms with Crippen molar-refractivity contribution >= 4 is 28.2 Å². The van der Waals surface area contributed by atoms with Crippen molar-refractivity contribution in [3.8, 4) is 11.8 Å². The fraction of sp³-hybridized carbons (Fsp3) is 0.452. The zero-order chi connectivity index (χ0) is 27.6. The molecule has 3 aliphatic rings. The van der Waals surface area contributed by atoms with Crippen molar-refractivity contribution in [1.82, 2.24) is 19.8 Å². The minimum Gasteiger partial charge on any atom is -0.508 e. The average Bonchev–Trinajstić information content (AvgIpc) is 2.98. The summed E-state index contributed by atoms with van der Waals surface area (Å²) in [7, 11) is 2.16. The first-order valence-corrected chi connectivity index (χ1v) is 14.3. The number of likely N-dealkylation sites (tertiary alicyclic amines) is 1. The largest absolute Gasteiger partial charge is 0.508 e. The van der Waals surface area contributed by atoms with Gasteiger partial charge in [-0.2, -0.15) is 9.97 Å². The average molecular weight is 543 g/mol. The van der Waals surface area contributed by atoms with Gasteiger partial charge in [0.2, 0.25) is 5.91 Å². The number of phenols is 1. The first-order chi connectivity index (χ1) is 19.5. The predicted octanol–water partition coefficient (Wildman–Crippen LogP) is 3.45. The molecule has 3 aromatic rings. The van der Waals surface area contributed by atoms with Crippen LogP contribution in [0.3, 0.4) is 0 Å². The summed E-state index contributed by atoms with van der Waals surface area (Å²) in [5.41, 5.74) is 3.11. The van der Waals surface area contributed by atoms with Gasteiger partial charge in [0.05, 0.1) is 18.8 Å². The van der Waals surface area contributed by atoms with Gasteiger partial charge in [0.25, 0.3) is 0 Å². The molecule has 2 aromatic carbocycles. The quantitative estimate of drug-likeness (QED) is 0.474. The standard InChI is InChI=1S/C31H38N6O3/c1-3-29(39)35-13-15-36(16-14-35)30-26-10-12-37(28-18-24(38)17-23-8-4-5-9-25(23)28)20-27(26)32-31(33-30)40-21-22-7-6-11-34(2)19-22/h3-5,8-9,17-18,22,38H,1,6-7,10-16,19-21H2,2H3. The summed E-state index contributed by atoms with van der Waals surface area (Å²) >= 11 is 0. The Hall–Kier alpha value is -3.85. The number of hydrogen-bond donors (Lipinski definition) is 1. The molecule has 1 unspecified atom stereocenters. The lowest BCUT2D eigenvalue weighted by Gasteiger charge is -2.38. The molecule has 40 heavy (non-hydrogen) atoms. The zero-order valence-corrected chi connectivity index (χ0v) is 23.3. The van der Waals surface area contributed by atoms with Crippen LogP contribution in [0.25, 0.3) is 10.8 Å². The smallest absolute Gasteiger partial charge is 0.318 e. The van der Waals surface area contributed by atoms with Gasteiger partial charge in [-0.3, -0.25) is 4.79 Å². The number of piperazine rings is 1. The fourth-order valence-electron chi connectivity index (χ4n) is 6.33. The van der Waals surface area contributed by atoms with Gasteiger partial charge in [0, 0.05) is 67.9 Å². The molecule has 0 aliphatic carbocycles. The van der Waals surface area contributed by atoms with E-state index in [1.165, 1.54) is 12.5 Å². The lowest BCUT2D eigenvalue weighted by atomic mass is 10.00. The summed E-state index contributed by atoms with van der Waals surface area (Å²) in [6, 6.07) is 12.2. The first-order valence-electron chi connectivity index (χ1n) is 14.3. The highest BCUT2D eigenvalue weighted by atomic mass is 16.5. The number of piperidine rings is 1. The van der Waals surface area contributed by atoms with Crippen molar-refractivity contribution in [1.29, 1.82) is 0 Å². The van der Waals surface area contributed by atoms with Gasteiger partial charge < -0.3 is 29.4 Å². The van der Waals surface area contributed by atoms with Crippen molar-refractivity contribution in [3.05, 3.63) is 60.3 Å². The second-order valence-electron chi connectivity index (χ2n) is 11.2. The number of carbonyl (C=O) groups excluding carboxylic acids is 1. The van der Waals surface area contributed by atoms with E-state index < -0.39 is 0 Å². The molecule has 1 N–H and O–H groups in total. The maximum atomic E-state index is 12.2. The Kier molecular flexibility index (Phi) is 7.47. The molecule has 6 rings (SSSR count). The molecule has 1 aromatic heterocycles. The number of hydrogen-bond acceptors (Lipinski definition) is 8. The number of phenolic OH excluding ortho intramolecular Hbond substituents is 1. The van der Waals surface area contributed by atoms with Crippen LogP contribution in [0.15, 0.2) is 49.1 Å². The third-order valence-electron chi connectivity index (χ3n) is 8.42. The van der Waals surface area contributed by atoms with Crippen LogP contribution in [-0.4, -0.2) is 90.2 Å². The van der Waals surface area contributed by atoms with Crippen LogP contribution in [-0.2, 0) is 17.8 Å². The summed E-state index contributed by atoms with van der Waals surface area (Å²) in [5.74, 6) is 1.62. The topological polar surface area (TPSA) is 85.3 Å². The third kappa shape index (κ3) is 5.43. The van der Waals surface area contributed by atoms with E-state index in [-0.39, 0.29) is 11.7 Å². The lowest BCUT2D eigenvalue weighted by Crippen LogP contribution is -2.49. The normalized spacial score (nSPS) is 19.9. The first kappa shape index (κ1) is 26.4. The number of ether oxygens (including phenoxy) is 1. The maximum Gasteiger partial charge on any atom is 0.318 e. The predicted molar refractivity (Wildman–Crippen MR) is 157 cm³/mol. The number of aromatic hydroxyl groups is 1. The molecular formula is C31H38N6O3. The van der Waals surface area contributed by atoms with Crippen LogP contribution in [0.1, 0.15) is 24.1 Å². The van der Waals surface area contributed by atoms with E-state index in [2.05, 4.69) is 34.4 Å². The highest BCUT2D eigenvalue weighted by Crippen LogP contribution is 2.36. The van der Waals surface area contributed by atoms with Gasteiger partial charge >= 0.3 is 6.01 Å². The number of benzene rings is 2. The van der Waals surface area contributed by atoms with Crippen molar-refractivity contribution in [2.75, 3.05) is 69.3 Å². The van der Waals surface area contributed by atoms with Crippen molar-refractivity contribution in [3.63, 3.8) is 0 Å². The Labute approximate surface area is 235 Å². The molecular weight excluding hydrogens is 504 g/mol. The van der Waals surface area contributed by atoms with E-state index in [4.69, 9.17) is 14.7 Å². The minimum atomic E-state index is -0.0279. The number of rotatable bonds is 6. The van der Waals surface area contributed by atoms with Gasteiger partial charge in [-0.25, -0.2) is 0 Å². The van der Waals surface area contributed by atoms with Gasteiger partial charge in [-0.15, -0.1) is 0 Å². The van der Waals surface area contributed by atoms with E-state index in [1.807, 2.05) is 35.2 Å². The van der Waals surface area contributed by atoms with E-state index in [9.17, 15) is 9.90 Å². The molecule has 4 heterocycles. The van der Waals surface area contributed by atoms with Gasteiger partial charge in [-0.05, 0) is 50.4 Å². The number of fused-ring (bicyclic) bond motifs is 2. The Bertz CT molecular complexity index is 1400. The van der Waals surface area contributed by atoms with Gasteiger partial charge in [0.15, 0.2) is 0 Å². The molecule has 1 atom stereocenters. The fourth-order valence-corrected chi connectivity index (χ4v) is 6.33. The number of carbonyl (C=O) groups is 1. The number of anilines is 2. The van der Waals surface area contributed by atoms with Crippen LogP contribution < -0.4 is 14.5 Å². The Morgan fingerprint density at radius 2 is 1.93 bits per heavy atom. The summed E-state index contributed by atoms with van der Waals surface area (Å²) in [4.78, 5) is 30.8. The second-order valence-corrected chi connectivity index (χ2v) is 11.2. The highest BCUT2D eigenvalue weighted by Gasteiger charge is 2.29. The Balaban J connectivity index is 1.30. The van der Waals surface area contributed by atoms with E-state index in [0.717, 1.165) is 66.0 Å². The second kappa shape index (κ2) is 11.3. The lowest BCUT2D eigenvalue weighted by molar-refractivity contribution is -0.126. The van der Waals surface area contributed by atoms with E-state index >= 15 is 0 Å². The van der Waals surface area contributed by atoms with E-state index in [0.29, 0.717) is 51.3 Å². The maximum absolute atomic E-state index is 12.2. The highest BCUT2D eigenvalue weighted by molar-refractivity contribution is 5.95. The van der Waals surface area contributed by atoms with Gasteiger partial charge in [-0.1, -0.05) is 30.8 Å². The summed E-state index contributed by atoms with van der Waals surface area (Å²) in [6.07, 6.45) is 4.51. The molecule has 0 radical (unpaired) electrons. The van der Waals surface area contributed by atoms with E-state index in [1.54, 1.807) is 0 Å². The SMILES string of the molecule is C=CC(=O)N1CCN(c2nc(OCC3CCCN(C)C3)nc3c2CCN(c2cc(O)cc4ccccc24)C3)CC1. The number of nitrogens with zero attached hydrogens (tertiary/aromatic N) is 6. The Morgan fingerprint density at radius 3 is 2.73 bits per heavy atom. The molecule has 2 saturated heterocycles. The molecule has 9 heteroatoms. The van der Waals surface area contributed by atoms with Crippen molar-refractivity contribution in [2.45, 2.75) is 25.8 Å². The summed E-state index contributed by atoms with van der Waals surface area (Å²) in [6.45, 7) is 10.5. The zero-order valence-electron chi connectivity index (χ0n) is 23.3.